The number of nitrogens with one attached hydrogen (secondary N) is 1. The SMILES string of the molecule is CC(=O)N1c2ccc(S(=O)(=O)Nc3c(C)nn(C(C)C)c3C)cc2CC1C. The van der Waals surface area contributed by atoms with Crippen LogP contribution in [0, 0.1) is 13.8 Å². The summed E-state index contributed by atoms with van der Waals surface area (Å²) in [6.07, 6.45) is 0.640. The molecule has 1 atom stereocenters. The molecular formula is C19H26N4O3S. The van der Waals surface area contributed by atoms with Crippen molar-refractivity contribution in [2.24, 2.45) is 0 Å². The van der Waals surface area contributed by atoms with E-state index in [0.29, 0.717) is 17.8 Å². The predicted octanol–water partition coefficient (Wildman–Crippen LogP) is 3.18. The van der Waals surface area contributed by atoms with E-state index in [1.807, 2.05) is 32.4 Å². The minimum Gasteiger partial charge on any atom is -0.309 e. The van der Waals surface area contributed by atoms with E-state index in [9.17, 15) is 13.2 Å². The van der Waals surface area contributed by atoms with Crippen molar-refractivity contribution >= 4 is 27.3 Å². The molecule has 0 saturated heterocycles. The van der Waals surface area contributed by atoms with Crippen LogP contribution < -0.4 is 9.62 Å². The molecule has 146 valence electrons. The second-order valence-corrected chi connectivity index (χ2v) is 9.10. The molecule has 2 aromatic rings. The van der Waals surface area contributed by atoms with Crippen molar-refractivity contribution in [1.29, 1.82) is 0 Å². The zero-order valence-electron chi connectivity index (χ0n) is 16.6. The lowest BCUT2D eigenvalue weighted by molar-refractivity contribution is -0.116. The zero-order chi connectivity index (χ0) is 20.1. The third-order valence-corrected chi connectivity index (χ3v) is 6.31. The van der Waals surface area contributed by atoms with Crippen LogP contribution in [-0.4, -0.2) is 30.1 Å². The number of fused-ring (bicyclic) bond motifs is 1. The number of sulfonamides is 1. The molecular weight excluding hydrogens is 364 g/mol. The topological polar surface area (TPSA) is 84.3 Å². The second-order valence-electron chi connectivity index (χ2n) is 7.42. The fraction of sp³-hybridized carbons (Fsp3) is 0.474. The zero-order valence-corrected chi connectivity index (χ0v) is 17.4. The van der Waals surface area contributed by atoms with Crippen LogP contribution in [0.25, 0.3) is 0 Å². The van der Waals surface area contributed by atoms with Crippen LogP contribution in [0.5, 0.6) is 0 Å². The summed E-state index contributed by atoms with van der Waals surface area (Å²) >= 11 is 0. The summed E-state index contributed by atoms with van der Waals surface area (Å²) in [5.41, 5.74) is 3.59. The number of hydrogen-bond donors (Lipinski definition) is 1. The molecule has 0 radical (unpaired) electrons. The van der Waals surface area contributed by atoms with Gasteiger partial charge in [-0.05, 0) is 64.8 Å². The normalized spacial score (nSPS) is 16.7. The van der Waals surface area contributed by atoms with Crippen LogP contribution in [0.4, 0.5) is 11.4 Å². The van der Waals surface area contributed by atoms with E-state index in [-0.39, 0.29) is 22.9 Å². The number of nitrogens with zero attached hydrogens (tertiary/aromatic N) is 3. The average molecular weight is 391 g/mol. The van der Waals surface area contributed by atoms with Gasteiger partial charge in [0.25, 0.3) is 10.0 Å². The highest BCUT2D eigenvalue weighted by Crippen LogP contribution is 2.34. The van der Waals surface area contributed by atoms with Crippen molar-refractivity contribution in [2.75, 3.05) is 9.62 Å². The highest BCUT2D eigenvalue weighted by molar-refractivity contribution is 7.92. The molecule has 0 aliphatic carbocycles. The molecule has 0 spiro atoms. The van der Waals surface area contributed by atoms with E-state index < -0.39 is 10.0 Å². The van der Waals surface area contributed by atoms with Gasteiger partial charge in [0.15, 0.2) is 0 Å². The summed E-state index contributed by atoms with van der Waals surface area (Å²) in [6.45, 7) is 11.1. The molecule has 1 N–H and O–H groups in total. The van der Waals surface area contributed by atoms with Gasteiger partial charge in [-0.2, -0.15) is 5.10 Å². The quantitative estimate of drug-likeness (QED) is 0.869. The van der Waals surface area contributed by atoms with E-state index in [1.54, 1.807) is 30.0 Å². The molecule has 1 amide bonds. The Bertz CT molecular complexity index is 1010. The number of aryl methyl sites for hydroxylation is 1. The van der Waals surface area contributed by atoms with Crippen LogP contribution in [-0.2, 0) is 21.2 Å². The second kappa shape index (κ2) is 6.67. The highest BCUT2D eigenvalue weighted by Gasteiger charge is 2.30. The van der Waals surface area contributed by atoms with Gasteiger partial charge in [-0.15, -0.1) is 0 Å². The first kappa shape index (κ1) is 19.4. The van der Waals surface area contributed by atoms with Crippen molar-refractivity contribution in [3.05, 3.63) is 35.2 Å². The Kier molecular flexibility index (Phi) is 4.80. The first-order valence-corrected chi connectivity index (χ1v) is 10.5. The Morgan fingerprint density at radius 1 is 1.30 bits per heavy atom. The third-order valence-electron chi connectivity index (χ3n) is 4.97. The highest BCUT2D eigenvalue weighted by atomic mass is 32.2. The number of anilines is 2. The molecule has 7 nitrogen and oxygen atoms in total. The van der Waals surface area contributed by atoms with Gasteiger partial charge in [-0.1, -0.05) is 0 Å². The fourth-order valence-electron chi connectivity index (χ4n) is 3.76. The fourth-order valence-corrected chi connectivity index (χ4v) is 4.99. The monoisotopic (exact) mass is 390 g/mol. The molecule has 0 saturated carbocycles. The Morgan fingerprint density at radius 3 is 2.52 bits per heavy atom. The maximum atomic E-state index is 13.0. The van der Waals surface area contributed by atoms with Crippen molar-refractivity contribution in [2.45, 2.75) is 64.9 Å². The Balaban J connectivity index is 1.96. The maximum Gasteiger partial charge on any atom is 0.262 e. The van der Waals surface area contributed by atoms with Crippen molar-refractivity contribution in [1.82, 2.24) is 9.78 Å². The van der Waals surface area contributed by atoms with Crippen molar-refractivity contribution in [3.8, 4) is 0 Å². The van der Waals surface area contributed by atoms with Gasteiger partial charge in [-0.3, -0.25) is 14.2 Å². The molecule has 1 aromatic heterocycles. The molecule has 1 unspecified atom stereocenters. The van der Waals surface area contributed by atoms with E-state index in [1.165, 1.54) is 6.92 Å². The van der Waals surface area contributed by atoms with Gasteiger partial charge < -0.3 is 4.90 Å². The lowest BCUT2D eigenvalue weighted by Crippen LogP contribution is -2.33. The summed E-state index contributed by atoms with van der Waals surface area (Å²) in [4.78, 5) is 13.8. The molecule has 1 aliphatic rings. The Labute approximate surface area is 160 Å². The molecule has 3 rings (SSSR count). The van der Waals surface area contributed by atoms with Crippen LogP contribution in [0.3, 0.4) is 0 Å². The van der Waals surface area contributed by atoms with E-state index in [0.717, 1.165) is 16.9 Å². The number of carbonyl (C=O) groups is 1. The maximum absolute atomic E-state index is 13.0. The minimum atomic E-state index is -3.75. The summed E-state index contributed by atoms with van der Waals surface area (Å²) < 4.78 is 30.4. The van der Waals surface area contributed by atoms with Gasteiger partial charge in [0.2, 0.25) is 5.91 Å². The van der Waals surface area contributed by atoms with E-state index in [2.05, 4.69) is 9.82 Å². The van der Waals surface area contributed by atoms with Gasteiger partial charge in [-0.25, -0.2) is 8.42 Å². The first-order chi connectivity index (χ1) is 12.5. The molecule has 8 heteroatoms. The van der Waals surface area contributed by atoms with Gasteiger partial charge in [0.05, 0.1) is 22.0 Å². The van der Waals surface area contributed by atoms with Crippen molar-refractivity contribution < 1.29 is 13.2 Å². The van der Waals surface area contributed by atoms with Gasteiger partial charge in [0.1, 0.15) is 0 Å². The number of carbonyl (C=O) groups excluding carboxylic acids is 1. The molecule has 27 heavy (non-hydrogen) atoms. The number of amides is 1. The number of aromatic nitrogens is 2. The molecule has 1 aliphatic heterocycles. The van der Waals surface area contributed by atoms with Gasteiger partial charge >= 0.3 is 0 Å². The summed E-state index contributed by atoms with van der Waals surface area (Å²) in [7, 11) is -3.75. The molecule has 0 bridgehead atoms. The smallest absolute Gasteiger partial charge is 0.262 e. The van der Waals surface area contributed by atoms with E-state index in [4.69, 9.17) is 0 Å². The summed E-state index contributed by atoms with van der Waals surface area (Å²) in [5.74, 6) is -0.0395. The van der Waals surface area contributed by atoms with Gasteiger partial charge in [0, 0.05) is 24.7 Å². The molecule has 0 fully saturated rings. The number of benzene rings is 1. The first-order valence-electron chi connectivity index (χ1n) is 9.04. The third kappa shape index (κ3) is 3.34. The van der Waals surface area contributed by atoms with Crippen LogP contribution in [0.1, 0.15) is 50.7 Å². The Hall–Kier alpha value is -2.35. The standard InChI is InChI=1S/C19H26N4O3S/c1-11(2)23-14(5)19(13(4)20-23)21-27(25,26)17-7-8-18-16(10-17)9-12(3)22(18)15(6)24/h7-8,10-12,21H,9H2,1-6H3. The lowest BCUT2D eigenvalue weighted by Gasteiger charge is -2.20. The van der Waals surface area contributed by atoms with Crippen LogP contribution in [0.15, 0.2) is 23.1 Å². The van der Waals surface area contributed by atoms with Crippen LogP contribution in [0.2, 0.25) is 0 Å². The lowest BCUT2D eigenvalue weighted by atomic mass is 10.1. The van der Waals surface area contributed by atoms with Crippen molar-refractivity contribution in [3.63, 3.8) is 0 Å². The predicted molar refractivity (Wildman–Crippen MR) is 106 cm³/mol. The Morgan fingerprint density at radius 2 is 1.96 bits per heavy atom. The summed E-state index contributed by atoms with van der Waals surface area (Å²) in [6, 6.07) is 5.09. The number of hydrogen-bond acceptors (Lipinski definition) is 4. The summed E-state index contributed by atoms with van der Waals surface area (Å²) in [5, 5.41) is 4.43. The minimum absolute atomic E-state index is 0.0252. The number of rotatable bonds is 4. The van der Waals surface area contributed by atoms with E-state index >= 15 is 0 Å². The largest absolute Gasteiger partial charge is 0.309 e. The van der Waals surface area contributed by atoms with Crippen LogP contribution >= 0.6 is 0 Å². The molecule has 2 heterocycles. The average Bonchev–Trinajstić information content (AvgIpc) is 3.04. The molecule has 1 aromatic carbocycles.